The molecule has 1 heterocycles. The summed E-state index contributed by atoms with van der Waals surface area (Å²) in [6.45, 7) is 3.87. The number of anilines is 2. The Kier molecular flexibility index (Phi) is 6.32. The molecule has 6 heteroatoms. The number of hydrogen-bond donors (Lipinski definition) is 2. The molecule has 3 rings (SSSR count). The second-order valence-corrected chi connectivity index (χ2v) is 8.44. The van der Waals surface area contributed by atoms with Crippen molar-refractivity contribution in [3.63, 3.8) is 0 Å². The van der Waals surface area contributed by atoms with Gasteiger partial charge in [0.15, 0.2) is 0 Å². The molecule has 0 radical (unpaired) electrons. The molecule has 0 fully saturated rings. The summed E-state index contributed by atoms with van der Waals surface area (Å²) in [5.74, 6) is -0.186. The number of nitrogens with one attached hydrogen (secondary N) is 2. The van der Waals surface area contributed by atoms with Crippen molar-refractivity contribution in [1.82, 2.24) is 0 Å². The Morgan fingerprint density at radius 1 is 0.963 bits per heavy atom. The van der Waals surface area contributed by atoms with Gasteiger partial charge in [-0.1, -0.05) is 29.8 Å². The van der Waals surface area contributed by atoms with E-state index < -0.39 is 0 Å². The number of rotatable bonds is 6. The standard InChI is InChI=1S/C21H20N2O2S2/c1-14-8-10-16(11-9-14)22-20(24)15(2)27-18-6-3-5-17(13-18)23-21(25)19-7-4-12-26-19/h3-13,15H,1-2H3,(H,22,24)(H,23,25). The fourth-order valence-electron chi connectivity index (χ4n) is 2.39. The first-order chi connectivity index (χ1) is 13.0. The predicted molar refractivity (Wildman–Crippen MR) is 114 cm³/mol. The normalized spacial score (nSPS) is 11.6. The van der Waals surface area contributed by atoms with Gasteiger partial charge in [-0.3, -0.25) is 9.59 Å². The van der Waals surface area contributed by atoms with E-state index >= 15 is 0 Å². The zero-order valence-electron chi connectivity index (χ0n) is 15.1. The predicted octanol–water partition coefficient (Wildman–Crippen LogP) is 5.43. The number of thioether (sulfide) groups is 1. The molecule has 0 aliphatic rings. The Bertz CT molecular complexity index is 922. The van der Waals surface area contributed by atoms with Gasteiger partial charge in [-0.05, 0) is 55.6 Å². The lowest BCUT2D eigenvalue weighted by Gasteiger charge is -2.13. The van der Waals surface area contributed by atoms with Crippen LogP contribution in [0.3, 0.4) is 0 Å². The fraction of sp³-hybridized carbons (Fsp3) is 0.143. The molecule has 138 valence electrons. The minimum Gasteiger partial charge on any atom is -0.325 e. The van der Waals surface area contributed by atoms with Gasteiger partial charge in [0.1, 0.15) is 0 Å². The quantitative estimate of drug-likeness (QED) is 0.546. The van der Waals surface area contributed by atoms with E-state index in [-0.39, 0.29) is 17.1 Å². The summed E-state index contributed by atoms with van der Waals surface area (Å²) in [5.41, 5.74) is 2.65. The van der Waals surface area contributed by atoms with E-state index in [1.54, 1.807) is 6.07 Å². The van der Waals surface area contributed by atoms with E-state index in [0.717, 1.165) is 16.1 Å². The van der Waals surface area contributed by atoms with E-state index in [1.807, 2.05) is 73.8 Å². The average Bonchev–Trinajstić information content (AvgIpc) is 3.19. The third-order valence-electron chi connectivity index (χ3n) is 3.84. The molecule has 1 aromatic heterocycles. The molecule has 0 aliphatic heterocycles. The first kappa shape index (κ1) is 19.2. The smallest absolute Gasteiger partial charge is 0.265 e. The van der Waals surface area contributed by atoms with Crippen LogP contribution < -0.4 is 10.6 Å². The molecule has 1 atom stereocenters. The first-order valence-electron chi connectivity index (χ1n) is 8.50. The molecule has 0 aliphatic carbocycles. The van der Waals surface area contributed by atoms with Crippen LogP contribution in [0.2, 0.25) is 0 Å². The summed E-state index contributed by atoms with van der Waals surface area (Å²) in [6.07, 6.45) is 0. The molecule has 2 N–H and O–H groups in total. The van der Waals surface area contributed by atoms with Crippen molar-refractivity contribution >= 4 is 46.3 Å². The second kappa shape index (κ2) is 8.88. The van der Waals surface area contributed by atoms with Gasteiger partial charge >= 0.3 is 0 Å². The Labute approximate surface area is 167 Å². The average molecular weight is 397 g/mol. The molecule has 0 saturated heterocycles. The summed E-state index contributed by atoms with van der Waals surface area (Å²) in [5, 5.41) is 7.42. The van der Waals surface area contributed by atoms with E-state index in [0.29, 0.717) is 10.6 Å². The Balaban J connectivity index is 1.60. The van der Waals surface area contributed by atoms with Crippen LogP contribution in [0.15, 0.2) is 70.9 Å². The summed E-state index contributed by atoms with van der Waals surface area (Å²) >= 11 is 2.85. The van der Waals surface area contributed by atoms with E-state index in [9.17, 15) is 9.59 Å². The van der Waals surface area contributed by atoms with E-state index in [4.69, 9.17) is 0 Å². The van der Waals surface area contributed by atoms with Crippen LogP contribution in [0.4, 0.5) is 11.4 Å². The lowest BCUT2D eigenvalue weighted by Crippen LogP contribution is -2.22. The zero-order chi connectivity index (χ0) is 19.2. The maximum Gasteiger partial charge on any atom is 0.265 e. The maximum absolute atomic E-state index is 12.4. The zero-order valence-corrected chi connectivity index (χ0v) is 16.7. The molecular weight excluding hydrogens is 376 g/mol. The molecule has 0 spiro atoms. The number of benzene rings is 2. The highest BCUT2D eigenvalue weighted by atomic mass is 32.2. The SMILES string of the molecule is Cc1ccc(NC(=O)C(C)Sc2cccc(NC(=O)c3cccs3)c2)cc1. The highest BCUT2D eigenvalue weighted by molar-refractivity contribution is 8.00. The molecule has 3 aromatic rings. The van der Waals surface area contributed by atoms with Gasteiger partial charge in [0.2, 0.25) is 5.91 Å². The highest BCUT2D eigenvalue weighted by Crippen LogP contribution is 2.27. The van der Waals surface area contributed by atoms with Gasteiger partial charge in [0.05, 0.1) is 10.1 Å². The molecule has 27 heavy (non-hydrogen) atoms. The second-order valence-electron chi connectivity index (χ2n) is 6.07. The first-order valence-corrected chi connectivity index (χ1v) is 10.3. The molecule has 4 nitrogen and oxygen atoms in total. The summed E-state index contributed by atoms with van der Waals surface area (Å²) in [4.78, 5) is 26.2. The minimum atomic E-state index is -0.269. The number of carbonyl (C=O) groups excluding carboxylic acids is 2. The summed E-state index contributed by atoms with van der Waals surface area (Å²) in [6, 6.07) is 18.9. The van der Waals surface area contributed by atoms with Crippen LogP contribution in [0.1, 0.15) is 22.2 Å². The van der Waals surface area contributed by atoms with Gasteiger partial charge in [-0.15, -0.1) is 23.1 Å². The third-order valence-corrected chi connectivity index (χ3v) is 5.80. The van der Waals surface area contributed by atoms with Gasteiger partial charge in [0.25, 0.3) is 5.91 Å². The van der Waals surface area contributed by atoms with E-state index in [1.165, 1.54) is 23.1 Å². The maximum atomic E-state index is 12.4. The van der Waals surface area contributed by atoms with Gasteiger partial charge in [-0.25, -0.2) is 0 Å². The van der Waals surface area contributed by atoms with Crippen molar-refractivity contribution in [2.75, 3.05) is 10.6 Å². The van der Waals surface area contributed by atoms with Crippen LogP contribution in [-0.4, -0.2) is 17.1 Å². The van der Waals surface area contributed by atoms with Crippen molar-refractivity contribution in [2.24, 2.45) is 0 Å². The summed E-state index contributed by atoms with van der Waals surface area (Å²) < 4.78 is 0. The molecule has 1 unspecified atom stereocenters. The number of carbonyl (C=O) groups is 2. The van der Waals surface area contributed by atoms with Crippen molar-refractivity contribution in [3.05, 3.63) is 76.5 Å². The van der Waals surface area contributed by atoms with Gasteiger partial charge < -0.3 is 10.6 Å². The van der Waals surface area contributed by atoms with Crippen LogP contribution in [0.5, 0.6) is 0 Å². The van der Waals surface area contributed by atoms with Crippen LogP contribution in [0, 0.1) is 6.92 Å². The van der Waals surface area contributed by atoms with Crippen molar-refractivity contribution < 1.29 is 9.59 Å². The fourth-order valence-corrected chi connectivity index (χ4v) is 3.93. The summed E-state index contributed by atoms with van der Waals surface area (Å²) in [7, 11) is 0. The number of aryl methyl sites for hydroxylation is 1. The monoisotopic (exact) mass is 396 g/mol. The molecular formula is C21H20N2O2S2. The number of amides is 2. The Hall–Kier alpha value is -2.57. The molecule has 2 aromatic carbocycles. The van der Waals surface area contributed by atoms with E-state index in [2.05, 4.69) is 10.6 Å². The largest absolute Gasteiger partial charge is 0.325 e. The lowest BCUT2D eigenvalue weighted by atomic mass is 10.2. The van der Waals surface area contributed by atoms with Crippen molar-refractivity contribution in [3.8, 4) is 0 Å². The topological polar surface area (TPSA) is 58.2 Å². The third kappa shape index (κ3) is 5.45. The van der Waals surface area contributed by atoms with Crippen molar-refractivity contribution in [2.45, 2.75) is 24.0 Å². The molecule has 2 amide bonds. The lowest BCUT2D eigenvalue weighted by molar-refractivity contribution is -0.115. The molecule has 0 bridgehead atoms. The number of hydrogen-bond acceptors (Lipinski definition) is 4. The van der Waals surface area contributed by atoms with Crippen molar-refractivity contribution in [1.29, 1.82) is 0 Å². The molecule has 0 saturated carbocycles. The van der Waals surface area contributed by atoms with Gasteiger partial charge in [0, 0.05) is 16.3 Å². The van der Waals surface area contributed by atoms with Crippen LogP contribution >= 0.6 is 23.1 Å². The Morgan fingerprint density at radius 2 is 1.74 bits per heavy atom. The Morgan fingerprint density at radius 3 is 2.44 bits per heavy atom. The van der Waals surface area contributed by atoms with Crippen LogP contribution in [-0.2, 0) is 4.79 Å². The highest BCUT2D eigenvalue weighted by Gasteiger charge is 2.15. The van der Waals surface area contributed by atoms with Crippen LogP contribution in [0.25, 0.3) is 0 Å². The minimum absolute atomic E-state index is 0.0584. The van der Waals surface area contributed by atoms with Gasteiger partial charge in [-0.2, -0.15) is 0 Å². The number of thiophene rings is 1.